The zero-order chi connectivity index (χ0) is 18.9. The third-order valence-electron chi connectivity index (χ3n) is 4.27. The first kappa shape index (κ1) is 18.8. The third-order valence-corrected chi connectivity index (χ3v) is 4.27. The van der Waals surface area contributed by atoms with E-state index in [1.165, 1.54) is 12.1 Å². The van der Waals surface area contributed by atoms with Gasteiger partial charge in [0.05, 0.1) is 0 Å². The summed E-state index contributed by atoms with van der Waals surface area (Å²) in [6.07, 6.45) is 0.933. The molecule has 0 aliphatic heterocycles. The molecule has 0 aliphatic rings. The van der Waals surface area contributed by atoms with Crippen molar-refractivity contribution in [2.45, 2.75) is 25.9 Å². The fourth-order valence-corrected chi connectivity index (χ4v) is 2.88. The summed E-state index contributed by atoms with van der Waals surface area (Å²) >= 11 is 0. The van der Waals surface area contributed by atoms with Gasteiger partial charge in [-0.3, -0.25) is 10.2 Å². The summed E-state index contributed by atoms with van der Waals surface area (Å²) in [6.45, 7) is 1.25. The lowest BCUT2D eigenvalue weighted by Crippen LogP contribution is -2.41. The minimum atomic E-state index is -0.264. The van der Waals surface area contributed by atoms with E-state index in [0.29, 0.717) is 25.9 Å². The van der Waals surface area contributed by atoms with Gasteiger partial charge in [0.25, 0.3) is 0 Å². The Balaban J connectivity index is 1.60. The summed E-state index contributed by atoms with van der Waals surface area (Å²) in [6, 6.07) is 26.4. The molecule has 3 nitrogen and oxygen atoms in total. The molecule has 0 fully saturated rings. The average molecular weight is 362 g/mol. The number of nitrogens with one attached hydrogen (secondary N) is 1. The number of rotatable bonds is 8. The number of carbonyl (C=O) groups excluding carboxylic acids is 1. The van der Waals surface area contributed by atoms with Crippen molar-refractivity contribution in [2.24, 2.45) is 0 Å². The minimum Gasteiger partial charge on any atom is -0.288 e. The first-order chi connectivity index (χ1) is 13.2. The summed E-state index contributed by atoms with van der Waals surface area (Å²) in [5.74, 6) is -0.314. The predicted octanol–water partition coefficient (Wildman–Crippen LogP) is 4.49. The highest BCUT2D eigenvalue weighted by atomic mass is 19.1. The molecule has 1 N–H and O–H groups in total. The third kappa shape index (κ3) is 6.35. The number of nitrogens with zero attached hydrogens (tertiary/aromatic N) is 1. The van der Waals surface area contributed by atoms with E-state index in [1.807, 2.05) is 65.7 Å². The Morgan fingerprint density at radius 3 is 1.78 bits per heavy atom. The maximum absolute atomic E-state index is 13.0. The normalized spacial score (nSPS) is 10.7. The van der Waals surface area contributed by atoms with Crippen LogP contribution in [-0.2, 0) is 24.3 Å². The van der Waals surface area contributed by atoms with Gasteiger partial charge < -0.3 is 0 Å². The van der Waals surface area contributed by atoms with Crippen molar-refractivity contribution < 1.29 is 9.18 Å². The van der Waals surface area contributed by atoms with Gasteiger partial charge in [-0.1, -0.05) is 72.8 Å². The van der Waals surface area contributed by atoms with Crippen LogP contribution in [0.15, 0.2) is 84.9 Å². The van der Waals surface area contributed by atoms with Crippen molar-refractivity contribution in [1.29, 1.82) is 0 Å². The Kier molecular flexibility index (Phi) is 6.72. The molecule has 3 rings (SSSR count). The van der Waals surface area contributed by atoms with Crippen LogP contribution in [0.4, 0.5) is 4.39 Å². The molecule has 0 aromatic heterocycles. The molecule has 27 heavy (non-hydrogen) atoms. The van der Waals surface area contributed by atoms with Crippen molar-refractivity contribution in [3.63, 3.8) is 0 Å². The summed E-state index contributed by atoms with van der Waals surface area (Å²) in [5, 5.41) is 1.93. The molecule has 3 aromatic rings. The molecule has 0 saturated heterocycles. The number of aryl methyl sites for hydroxylation is 1. The summed E-state index contributed by atoms with van der Waals surface area (Å²) in [7, 11) is 0. The highest BCUT2D eigenvalue weighted by Gasteiger charge is 2.11. The number of amides is 1. The van der Waals surface area contributed by atoms with Crippen LogP contribution in [0.25, 0.3) is 0 Å². The highest BCUT2D eigenvalue weighted by molar-refractivity contribution is 5.75. The molecule has 0 unspecified atom stereocenters. The quantitative estimate of drug-likeness (QED) is 0.599. The van der Waals surface area contributed by atoms with Crippen molar-refractivity contribution in [2.75, 3.05) is 0 Å². The second-order valence-corrected chi connectivity index (χ2v) is 6.49. The van der Waals surface area contributed by atoms with E-state index in [1.54, 1.807) is 12.1 Å². The fourth-order valence-electron chi connectivity index (χ4n) is 2.88. The van der Waals surface area contributed by atoms with Crippen molar-refractivity contribution in [3.8, 4) is 0 Å². The van der Waals surface area contributed by atoms with Crippen LogP contribution in [0.1, 0.15) is 23.1 Å². The van der Waals surface area contributed by atoms with Crippen molar-refractivity contribution in [1.82, 2.24) is 10.4 Å². The SMILES string of the molecule is O=C(CCc1ccc(F)cc1)NN(Cc1ccccc1)Cc1ccccc1. The monoisotopic (exact) mass is 362 g/mol. The van der Waals surface area contributed by atoms with E-state index in [-0.39, 0.29) is 11.7 Å². The molecule has 0 atom stereocenters. The van der Waals surface area contributed by atoms with Crippen LogP contribution in [0.2, 0.25) is 0 Å². The largest absolute Gasteiger partial charge is 0.288 e. The van der Waals surface area contributed by atoms with Gasteiger partial charge in [-0.2, -0.15) is 0 Å². The van der Waals surface area contributed by atoms with E-state index in [4.69, 9.17) is 0 Å². The summed E-state index contributed by atoms with van der Waals surface area (Å²) in [4.78, 5) is 12.4. The van der Waals surface area contributed by atoms with E-state index in [9.17, 15) is 9.18 Å². The number of hydrogen-bond acceptors (Lipinski definition) is 2. The van der Waals surface area contributed by atoms with Crippen LogP contribution < -0.4 is 5.43 Å². The molecule has 0 heterocycles. The first-order valence-corrected chi connectivity index (χ1v) is 9.06. The zero-order valence-corrected chi connectivity index (χ0v) is 15.1. The lowest BCUT2D eigenvalue weighted by Gasteiger charge is -2.23. The Hall–Kier alpha value is -2.98. The lowest BCUT2D eigenvalue weighted by atomic mass is 10.1. The molecular weight excluding hydrogens is 339 g/mol. The predicted molar refractivity (Wildman–Crippen MR) is 105 cm³/mol. The van der Waals surface area contributed by atoms with E-state index in [2.05, 4.69) is 5.43 Å². The standard InChI is InChI=1S/C23H23FN2O/c24-22-14-11-19(12-15-22)13-16-23(27)25-26(17-20-7-3-1-4-8-20)18-21-9-5-2-6-10-21/h1-12,14-15H,13,16-18H2,(H,25,27). The molecule has 3 aromatic carbocycles. The van der Waals surface area contributed by atoms with Crippen molar-refractivity contribution >= 4 is 5.91 Å². The van der Waals surface area contributed by atoms with Crippen LogP contribution in [0.5, 0.6) is 0 Å². The number of hydrazine groups is 1. The molecule has 0 spiro atoms. The number of hydrogen-bond donors (Lipinski definition) is 1. The van der Waals surface area contributed by atoms with Gasteiger partial charge in [-0.25, -0.2) is 9.40 Å². The number of carbonyl (C=O) groups is 1. The van der Waals surface area contributed by atoms with Crippen LogP contribution in [-0.4, -0.2) is 10.9 Å². The van der Waals surface area contributed by atoms with Crippen LogP contribution in [0.3, 0.4) is 0 Å². The molecular formula is C23H23FN2O. The van der Waals surface area contributed by atoms with Crippen LogP contribution >= 0.6 is 0 Å². The number of benzene rings is 3. The van der Waals surface area contributed by atoms with Gasteiger partial charge in [0.15, 0.2) is 0 Å². The number of halogens is 1. The maximum Gasteiger partial charge on any atom is 0.234 e. The Bertz CT molecular complexity index is 794. The van der Waals surface area contributed by atoms with E-state index >= 15 is 0 Å². The summed E-state index contributed by atoms with van der Waals surface area (Å²) < 4.78 is 13.0. The van der Waals surface area contributed by atoms with Crippen molar-refractivity contribution in [3.05, 3.63) is 107 Å². The second kappa shape index (κ2) is 9.64. The van der Waals surface area contributed by atoms with Crippen LogP contribution in [0, 0.1) is 5.82 Å². The van der Waals surface area contributed by atoms with Gasteiger partial charge in [0.2, 0.25) is 5.91 Å². The summed E-state index contributed by atoms with van der Waals surface area (Å²) in [5.41, 5.74) is 6.23. The Morgan fingerprint density at radius 1 is 0.741 bits per heavy atom. The molecule has 0 aliphatic carbocycles. The molecule has 0 radical (unpaired) electrons. The molecule has 0 bridgehead atoms. The lowest BCUT2D eigenvalue weighted by molar-refractivity contribution is -0.126. The molecule has 1 amide bonds. The van der Waals surface area contributed by atoms with Gasteiger partial charge in [0, 0.05) is 19.5 Å². The zero-order valence-electron chi connectivity index (χ0n) is 15.1. The second-order valence-electron chi connectivity index (χ2n) is 6.49. The molecule has 138 valence electrons. The Morgan fingerprint density at radius 2 is 1.26 bits per heavy atom. The fraction of sp³-hybridized carbons (Fsp3) is 0.174. The minimum absolute atomic E-state index is 0.0498. The Labute approximate surface area is 159 Å². The smallest absolute Gasteiger partial charge is 0.234 e. The average Bonchev–Trinajstić information content (AvgIpc) is 2.69. The van der Waals surface area contributed by atoms with Gasteiger partial charge >= 0.3 is 0 Å². The molecule has 4 heteroatoms. The van der Waals surface area contributed by atoms with E-state index in [0.717, 1.165) is 16.7 Å². The topological polar surface area (TPSA) is 32.3 Å². The van der Waals surface area contributed by atoms with Gasteiger partial charge in [0.1, 0.15) is 5.82 Å². The van der Waals surface area contributed by atoms with E-state index < -0.39 is 0 Å². The maximum atomic E-state index is 13.0. The highest BCUT2D eigenvalue weighted by Crippen LogP contribution is 2.09. The van der Waals surface area contributed by atoms with Gasteiger partial charge in [-0.05, 0) is 35.2 Å². The first-order valence-electron chi connectivity index (χ1n) is 9.06. The molecule has 0 saturated carbocycles. The van der Waals surface area contributed by atoms with Gasteiger partial charge in [-0.15, -0.1) is 0 Å².